The number of halogens is 2. The van der Waals surface area contributed by atoms with Crippen molar-refractivity contribution in [3.63, 3.8) is 0 Å². The van der Waals surface area contributed by atoms with Crippen LogP contribution in [0, 0.1) is 5.82 Å². The van der Waals surface area contributed by atoms with Crippen LogP contribution in [0.5, 0.6) is 0 Å². The molecule has 0 unspecified atom stereocenters. The minimum absolute atomic E-state index is 0.181. The first-order chi connectivity index (χ1) is 5.97. The van der Waals surface area contributed by atoms with Crippen LogP contribution in [0.1, 0.15) is 5.56 Å². The van der Waals surface area contributed by atoms with Crippen molar-refractivity contribution in [1.29, 1.82) is 0 Å². The molecule has 72 valence electrons. The Hall–Kier alpha value is -1.01. The molecule has 0 atom stereocenters. The van der Waals surface area contributed by atoms with Gasteiger partial charge in [-0.05, 0) is 17.7 Å². The van der Waals surface area contributed by atoms with E-state index in [2.05, 4.69) is 0 Å². The SMILES string of the molecule is O=S(=O)(F)NCc1ccc(F)cc1. The van der Waals surface area contributed by atoms with Gasteiger partial charge in [0.15, 0.2) is 0 Å². The minimum atomic E-state index is -4.68. The Labute approximate surface area is 74.7 Å². The second-order valence-corrected chi connectivity index (χ2v) is 3.55. The summed E-state index contributed by atoms with van der Waals surface area (Å²) >= 11 is 0. The van der Waals surface area contributed by atoms with Crippen molar-refractivity contribution in [3.05, 3.63) is 35.6 Å². The van der Waals surface area contributed by atoms with E-state index in [0.29, 0.717) is 5.56 Å². The van der Waals surface area contributed by atoms with Gasteiger partial charge in [-0.3, -0.25) is 0 Å². The van der Waals surface area contributed by atoms with Gasteiger partial charge in [0, 0.05) is 6.54 Å². The molecule has 0 saturated heterocycles. The number of nitrogens with one attached hydrogen (secondary N) is 1. The fourth-order valence-electron chi connectivity index (χ4n) is 0.772. The zero-order valence-electron chi connectivity index (χ0n) is 6.50. The molecule has 1 aromatic carbocycles. The summed E-state index contributed by atoms with van der Waals surface area (Å²) in [5.74, 6) is -0.424. The van der Waals surface area contributed by atoms with Gasteiger partial charge in [-0.25, -0.2) is 4.39 Å². The van der Waals surface area contributed by atoms with E-state index in [4.69, 9.17) is 0 Å². The first kappa shape index (κ1) is 10.1. The predicted octanol–water partition coefficient (Wildman–Crippen LogP) is 1.13. The maximum Gasteiger partial charge on any atom is 0.372 e. The average molecular weight is 207 g/mol. The van der Waals surface area contributed by atoms with Gasteiger partial charge in [0.1, 0.15) is 5.82 Å². The number of hydrogen-bond donors (Lipinski definition) is 1. The molecule has 1 aromatic rings. The lowest BCUT2D eigenvalue weighted by atomic mass is 10.2. The van der Waals surface area contributed by atoms with Gasteiger partial charge in [0.2, 0.25) is 0 Å². The van der Waals surface area contributed by atoms with E-state index in [-0.39, 0.29) is 6.54 Å². The Morgan fingerprint density at radius 2 is 1.77 bits per heavy atom. The Balaban J connectivity index is 2.61. The van der Waals surface area contributed by atoms with Gasteiger partial charge in [-0.2, -0.15) is 13.1 Å². The van der Waals surface area contributed by atoms with E-state index in [0.717, 1.165) is 0 Å². The molecule has 0 spiro atoms. The van der Waals surface area contributed by atoms with Gasteiger partial charge in [-0.15, -0.1) is 0 Å². The van der Waals surface area contributed by atoms with Crippen LogP contribution in [0.3, 0.4) is 0 Å². The van der Waals surface area contributed by atoms with Crippen molar-refractivity contribution in [1.82, 2.24) is 4.72 Å². The summed E-state index contributed by atoms with van der Waals surface area (Å²) < 4.78 is 46.0. The summed E-state index contributed by atoms with van der Waals surface area (Å²) in [6, 6.07) is 5.07. The summed E-state index contributed by atoms with van der Waals surface area (Å²) in [7, 11) is -4.68. The van der Waals surface area contributed by atoms with E-state index < -0.39 is 16.2 Å². The summed E-state index contributed by atoms with van der Waals surface area (Å²) in [6.45, 7) is -0.181. The molecule has 1 N–H and O–H groups in total. The van der Waals surface area contributed by atoms with Crippen LogP contribution in [0.25, 0.3) is 0 Å². The number of rotatable bonds is 3. The van der Waals surface area contributed by atoms with Gasteiger partial charge < -0.3 is 0 Å². The lowest BCUT2D eigenvalue weighted by Gasteiger charge is -1.99. The summed E-state index contributed by atoms with van der Waals surface area (Å²) in [5.41, 5.74) is 0.489. The largest absolute Gasteiger partial charge is 0.372 e. The van der Waals surface area contributed by atoms with Crippen LogP contribution in [0.2, 0.25) is 0 Å². The standard InChI is InChI=1S/C7H7F2NO2S/c8-7-3-1-6(2-4-7)5-10-13(9,11)12/h1-4,10H,5H2. The van der Waals surface area contributed by atoms with Crippen LogP contribution in [-0.4, -0.2) is 8.42 Å². The van der Waals surface area contributed by atoms with Gasteiger partial charge in [0.25, 0.3) is 0 Å². The lowest BCUT2D eigenvalue weighted by Crippen LogP contribution is -2.18. The maximum absolute atomic E-state index is 12.3. The van der Waals surface area contributed by atoms with Crippen molar-refractivity contribution in [2.75, 3.05) is 0 Å². The van der Waals surface area contributed by atoms with Gasteiger partial charge >= 0.3 is 10.4 Å². The van der Waals surface area contributed by atoms with Crippen LogP contribution in [0.15, 0.2) is 24.3 Å². The Morgan fingerprint density at radius 3 is 2.23 bits per heavy atom. The summed E-state index contributed by atoms with van der Waals surface area (Å²) in [4.78, 5) is 0. The number of hydrogen-bond acceptors (Lipinski definition) is 2. The molecule has 0 fully saturated rings. The second kappa shape index (κ2) is 3.80. The monoisotopic (exact) mass is 207 g/mol. The zero-order valence-corrected chi connectivity index (χ0v) is 7.31. The minimum Gasteiger partial charge on any atom is -0.207 e. The van der Waals surface area contributed by atoms with Crippen molar-refractivity contribution < 1.29 is 16.7 Å². The highest BCUT2D eigenvalue weighted by Gasteiger charge is 2.04. The molecule has 0 aliphatic rings. The van der Waals surface area contributed by atoms with Crippen molar-refractivity contribution in [3.8, 4) is 0 Å². The van der Waals surface area contributed by atoms with E-state index >= 15 is 0 Å². The predicted molar refractivity (Wildman–Crippen MR) is 43.3 cm³/mol. The first-order valence-electron chi connectivity index (χ1n) is 3.41. The van der Waals surface area contributed by atoms with Crippen LogP contribution in [0.4, 0.5) is 8.28 Å². The highest BCUT2D eigenvalue weighted by molar-refractivity contribution is 7.84. The Kier molecular flexibility index (Phi) is 2.94. The molecule has 0 radical (unpaired) electrons. The van der Waals surface area contributed by atoms with E-state index in [9.17, 15) is 16.7 Å². The van der Waals surface area contributed by atoms with Crippen molar-refractivity contribution in [2.24, 2.45) is 0 Å². The molecule has 0 amide bonds. The molecule has 3 nitrogen and oxygen atoms in total. The van der Waals surface area contributed by atoms with E-state index in [1.54, 1.807) is 4.72 Å². The fraction of sp³-hybridized carbons (Fsp3) is 0.143. The maximum atomic E-state index is 12.3. The third-order valence-corrected chi connectivity index (χ3v) is 1.85. The zero-order chi connectivity index (χ0) is 9.90. The Morgan fingerprint density at radius 1 is 1.23 bits per heavy atom. The second-order valence-electron chi connectivity index (χ2n) is 2.39. The molecule has 0 aliphatic heterocycles. The quantitative estimate of drug-likeness (QED) is 0.755. The van der Waals surface area contributed by atoms with E-state index in [1.807, 2.05) is 0 Å². The van der Waals surface area contributed by atoms with E-state index in [1.165, 1.54) is 24.3 Å². The molecular formula is C7H7F2NO2S. The summed E-state index contributed by atoms with van der Waals surface area (Å²) in [6.07, 6.45) is 0. The molecular weight excluding hydrogens is 200 g/mol. The lowest BCUT2D eigenvalue weighted by molar-refractivity contribution is 0.535. The third-order valence-electron chi connectivity index (χ3n) is 1.36. The average Bonchev–Trinajstić information content (AvgIpc) is 2.02. The smallest absolute Gasteiger partial charge is 0.207 e. The third kappa shape index (κ3) is 3.95. The van der Waals surface area contributed by atoms with Crippen molar-refractivity contribution in [2.45, 2.75) is 6.54 Å². The molecule has 0 aliphatic carbocycles. The molecule has 1 rings (SSSR count). The topological polar surface area (TPSA) is 46.2 Å². The van der Waals surface area contributed by atoms with Gasteiger partial charge in [0.05, 0.1) is 0 Å². The van der Waals surface area contributed by atoms with Crippen LogP contribution >= 0.6 is 0 Å². The number of benzene rings is 1. The normalized spacial score (nSPS) is 11.5. The fourth-order valence-corrected chi connectivity index (χ4v) is 1.11. The van der Waals surface area contributed by atoms with Crippen LogP contribution in [-0.2, 0) is 17.0 Å². The van der Waals surface area contributed by atoms with Crippen molar-refractivity contribution >= 4 is 10.4 Å². The Bertz CT molecular complexity index is 374. The molecule has 0 aromatic heterocycles. The van der Waals surface area contributed by atoms with Crippen LogP contribution < -0.4 is 4.72 Å². The highest BCUT2D eigenvalue weighted by Crippen LogP contribution is 2.02. The molecule has 0 bridgehead atoms. The molecule has 6 heteroatoms. The molecule has 0 saturated carbocycles. The molecule has 13 heavy (non-hydrogen) atoms. The molecule has 0 heterocycles. The van der Waals surface area contributed by atoms with Gasteiger partial charge in [-0.1, -0.05) is 16.0 Å². The highest BCUT2D eigenvalue weighted by atomic mass is 32.3. The first-order valence-corrected chi connectivity index (χ1v) is 4.79. The summed E-state index contributed by atoms with van der Waals surface area (Å²) in [5, 5.41) is 0.